The van der Waals surface area contributed by atoms with Gasteiger partial charge in [-0.3, -0.25) is 10.1 Å². The molecular formula is C16H19N3O4S2. The van der Waals surface area contributed by atoms with E-state index in [1.807, 2.05) is 12.3 Å². The molecule has 2 heterocycles. The van der Waals surface area contributed by atoms with E-state index >= 15 is 0 Å². The lowest BCUT2D eigenvalue weighted by molar-refractivity contribution is 0.102. The zero-order chi connectivity index (χ0) is 17.9. The lowest BCUT2D eigenvalue weighted by Gasteiger charge is -2.12. The van der Waals surface area contributed by atoms with Crippen molar-refractivity contribution < 1.29 is 17.9 Å². The molecule has 1 aliphatic rings. The summed E-state index contributed by atoms with van der Waals surface area (Å²) in [5, 5.41) is 4.97. The Morgan fingerprint density at radius 2 is 2.28 bits per heavy atom. The van der Waals surface area contributed by atoms with Crippen LogP contribution in [0.5, 0.6) is 0 Å². The molecule has 1 aromatic carbocycles. The van der Waals surface area contributed by atoms with Crippen LogP contribution in [0, 0.1) is 6.92 Å². The van der Waals surface area contributed by atoms with Gasteiger partial charge in [-0.2, -0.15) is 0 Å². The van der Waals surface area contributed by atoms with Gasteiger partial charge < -0.3 is 4.74 Å². The second-order valence-corrected chi connectivity index (χ2v) is 8.39. The minimum absolute atomic E-state index is 0.0495. The number of carbonyl (C=O) groups excluding carboxylic acids is 1. The van der Waals surface area contributed by atoms with E-state index in [4.69, 9.17) is 4.74 Å². The number of sulfonamides is 1. The number of anilines is 1. The largest absolute Gasteiger partial charge is 0.377 e. The molecule has 3 rings (SSSR count). The van der Waals surface area contributed by atoms with Crippen LogP contribution in [0.25, 0.3) is 0 Å². The maximum Gasteiger partial charge on any atom is 0.257 e. The fourth-order valence-electron chi connectivity index (χ4n) is 2.48. The van der Waals surface area contributed by atoms with Gasteiger partial charge in [-0.15, -0.1) is 11.3 Å². The van der Waals surface area contributed by atoms with Crippen molar-refractivity contribution in [3.8, 4) is 0 Å². The summed E-state index contributed by atoms with van der Waals surface area (Å²) >= 11 is 1.32. The van der Waals surface area contributed by atoms with Crippen molar-refractivity contribution in [3.63, 3.8) is 0 Å². The summed E-state index contributed by atoms with van der Waals surface area (Å²) < 4.78 is 32.8. The van der Waals surface area contributed by atoms with Gasteiger partial charge in [0, 0.05) is 24.1 Å². The molecule has 1 atom stereocenters. The predicted octanol–water partition coefficient (Wildman–Crippen LogP) is 2.16. The Morgan fingerprint density at radius 1 is 1.44 bits per heavy atom. The van der Waals surface area contributed by atoms with E-state index in [9.17, 15) is 13.2 Å². The minimum Gasteiger partial charge on any atom is -0.377 e. The van der Waals surface area contributed by atoms with E-state index in [0.717, 1.165) is 18.5 Å². The van der Waals surface area contributed by atoms with Crippen LogP contribution in [0.3, 0.4) is 0 Å². The standard InChI is InChI=1S/C16H19N3O4S2/c1-11-10-24-16(18-11)19-15(20)12-4-2-6-14(8-12)25(21,22)17-9-13-5-3-7-23-13/h2,4,6,8,10,13,17H,3,5,7,9H2,1H3,(H,18,19,20)/t13-/m1/s1. The van der Waals surface area contributed by atoms with Gasteiger partial charge in [0.2, 0.25) is 10.0 Å². The number of nitrogens with zero attached hydrogens (tertiary/aromatic N) is 1. The second-order valence-electron chi connectivity index (χ2n) is 5.76. The summed E-state index contributed by atoms with van der Waals surface area (Å²) in [5.74, 6) is -0.398. The molecule has 25 heavy (non-hydrogen) atoms. The zero-order valence-corrected chi connectivity index (χ0v) is 15.3. The first kappa shape index (κ1) is 18.0. The molecule has 1 saturated heterocycles. The number of rotatable bonds is 6. The number of nitrogens with one attached hydrogen (secondary N) is 2. The normalized spacial score (nSPS) is 17.6. The highest BCUT2D eigenvalue weighted by Gasteiger charge is 2.21. The van der Waals surface area contributed by atoms with Crippen molar-refractivity contribution in [2.75, 3.05) is 18.5 Å². The van der Waals surface area contributed by atoms with Gasteiger partial charge in [-0.05, 0) is 38.0 Å². The molecule has 2 aromatic rings. The van der Waals surface area contributed by atoms with Crippen molar-refractivity contribution in [2.24, 2.45) is 0 Å². The number of thiazole rings is 1. The third-order valence-electron chi connectivity index (χ3n) is 3.77. The van der Waals surface area contributed by atoms with Crippen molar-refractivity contribution in [3.05, 3.63) is 40.9 Å². The van der Waals surface area contributed by atoms with Crippen LogP contribution in [0.4, 0.5) is 5.13 Å². The summed E-state index contributed by atoms with van der Waals surface area (Å²) in [6.45, 7) is 2.73. The number of hydrogen-bond donors (Lipinski definition) is 2. The molecule has 0 aliphatic carbocycles. The Bertz CT molecular complexity index is 858. The minimum atomic E-state index is -3.70. The molecule has 0 radical (unpaired) electrons. The number of aryl methyl sites for hydroxylation is 1. The molecule has 1 aromatic heterocycles. The van der Waals surface area contributed by atoms with Crippen molar-refractivity contribution in [1.82, 2.24) is 9.71 Å². The molecule has 0 saturated carbocycles. The van der Waals surface area contributed by atoms with Gasteiger partial charge in [-0.1, -0.05) is 6.07 Å². The van der Waals surface area contributed by atoms with E-state index in [1.165, 1.54) is 23.5 Å². The molecular weight excluding hydrogens is 362 g/mol. The number of amides is 1. The van der Waals surface area contributed by atoms with Crippen LogP contribution in [-0.4, -0.2) is 38.6 Å². The first-order valence-electron chi connectivity index (χ1n) is 7.89. The summed E-state index contributed by atoms with van der Waals surface area (Å²) in [4.78, 5) is 16.5. The summed E-state index contributed by atoms with van der Waals surface area (Å²) in [6, 6.07) is 5.92. The van der Waals surface area contributed by atoms with Gasteiger partial charge in [-0.25, -0.2) is 18.1 Å². The average molecular weight is 381 g/mol. The Hall–Kier alpha value is -1.81. The molecule has 2 N–H and O–H groups in total. The number of hydrogen-bond acceptors (Lipinski definition) is 6. The maximum absolute atomic E-state index is 12.4. The maximum atomic E-state index is 12.4. The summed E-state index contributed by atoms with van der Waals surface area (Å²) in [7, 11) is -3.70. The van der Waals surface area contributed by atoms with E-state index < -0.39 is 15.9 Å². The van der Waals surface area contributed by atoms with Gasteiger partial charge >= 0.3 is 0 Å². The van der Waals surface area contributed by atoms with E-state index in [2.05, 4.69) is 15.0 Å². The molecule has 1 fully saturated rings. The lowest BCUT2D eigenvalue weighted by Crippen LogP contribution is -2.32. The van der Waals surface area contributed by atoms with Crippen molar-refractivity contribution in [1.29, 1.82) is 0 Å². The highest BCUT2D eigenvalue weighted by atomic mass is 32.2. The third-order valence-corrected chi connectivity index (χ3v) is 6.07. The number of ether oxygens (including phenoxy) is 1. The Kier molecular flexibility index (Phi) is 5.48. The average Bonchev–Trinajstić information content (AvgIpc) is 3.25. The fraction of sp³-hybridized carbons (Fsp3) is 0.375. The Balaban J connectivity index is 1.70. The van der Waals surface area contributed by atoms with Crippen molar-refractivity contribution >= 4 is 32.4 Å². The lowest BCUT2D eigenvalue weighted by atomic mass is 10.2. The molecule has 1 amide bonds. The molecule has 1 aliphatic heterocycles. The molecule has 0 unspecified atom stereocenters. The SMILES string of the molecule is Cc1csc(NC(=O)c2cccc(S(=O)(=O)NC[C@H]3CCCO3)c2)n1. The van der Waals surface area contributed by atoms with Gasteiger partial charge in [0.05, 0.1) is 16.7 Å². The number of aromatic nitrogens is 1. The van der Waals surface area contributed by atoms with Crippen LogP contribution in [0.2, 0.25) is 0 Å². The molecule has 0 spiro atoms. The highest BCUT2D eigenvalue weighted by molar-refractivity contribution is 7.89. The van der Waals surface area contributed by atoms with Crippen molar-refractivity contribution in [2.45, 2.75) is 30.8 Å². The highest BCUT2D eigenvalue weighted by Crippen LogP contribution is 2.18. The van der Waals surface area contributed by atoms with E-state index in [-0.39, 0.29) is 23.1 Å². The first-order chi connectivity index (χ1) is 11.9. The molecule has 7 nitrogen and oxygen atoms in total. The first-order valence-corrected chi connectivity index (χ1v) is 10.3. The smallest absolute Gasteiger partial charge is 0.257 e. The van der Waals surface area contributed by atoms with Gasteiger partial charge in [0.25, 0.3) is 5.91 Å². The quantitative estimate of drug-likeness (QED) is 0.799. The van der Waals surface area contributed by atoms with E-state index in [1.54, 1.807) is 12.1 Å². The molecule has 0 bridgehead atoms. The Labute approximate surface area is 150 Å². The summed E-state index contributed by atoms with van der Waals surface area (Å²) in [6.07, 6.45) is 1.70. The van der Waals surface area contributed by atoms with Crippen LogP contribution < -0.4 is 10.0 Å². The topological polar surface area (TPSA) is 97.4 Å². The number of benzene rings is 1. The Morgan fingerprint density at radius 3 is 2.96 bits per heavy atom. The fourth-order valence-corrected chi connectivity index (χ4v) is 4.27. The van der Waals surface area contributed by atoms with Gasteiger partial charge in [0.15, 0.2) is 5.13 Å². The van der Waals surface area contributed by atoms with Crippen LogP contribution in [0.15, 0.2) is 34.5 Å². The van der Waals surface area contributed by atoms with Gasteiger partial charge in [0.1, 0.15) is 0 Å². The summed E-state index contributed by atoms with van der Waals surface area (Å²) in [5.41, 5.74) is 1.07. The molecule has 134 valence electrons. The van der Waals surface area contributed by atoms with E-state index in [0.29, 0.717) is 11.7 Å². The second kappa shape index (κ2) is 7.61. The number of carbonyl (C=O) groups is 1. The third kappa shape index (κ3) is 4.63. The van der Waals surface area contributed by atoms with Crippen LogP contribution >= 0.6 is 11.3 Å². The van der Waals surface area contributed by atoms with Crippen LogP contribution in [-0.2, 0) is 14.8 Å². The molecule has 9 heteroatoms. The monoisotopic (exact) mass is 381 g/mol. The zero-order valence-electron chi connectivity index (χ0n) is 13.7. The predicted molar refractivity (Wildman–Crippen MR) is 95.4 cm³/mol. The van der Waals surface area contributed by atoms with Crippen LogP contribution in [0.1, 0.15) is 28.9 Å².